The lowest BCUT2D eigenvalue weighted by atomic mass is 10.1. The summed E-state index contributed by atoms with van der Waals surface area (Å²) in [7, 11) is 0. The second kappa shape index (κ2) is 9.04. The zero-order valence-electron chi connectivity index (χ0n) is 15.2. The normalized spacial score (nSPS) is 13.9. The van der Waals surface area contributed by atoms with Crippen LogP contribution in [0.15, 0.2) is 24.3 Å². The summed E-state index contributed by atoms with van der Waals surface area (Å²) in [6.45, 7) is 11.0. The number of benzene rings is 1. The SMILES string of the molecule is CC[NH+](CC(=O)N[C@H](C)c1cccc(Cl)c1)CC(=O)NC(C)(C)C. The topological polar surface area (TPSA) is 62.6 Å². The molecule has 2 amide bonds. The van der Waals surface area contributed by atoms with E-state index in [1.54, 1.807) is 6.07 Å². The van der Waals surface area contributed by atoms with E-state index in [0.717, 1.165) is 10.5 Å². The predicted molar refractivity (Wildman–Crippen MR) is 97.1 cm³/mol. The smallest absolute Gasteiger partial charge is 0.275 e. The predicted octanol–water partition coefficient (Wildman–Crippen LogP) is 1.34. The maximum absolute atomic E-state index is 12.3. The molecule has 5 nitrogen and oxygen atoms in total. The molecule has 0 spiro atoms. The maximum Gasteiger partial charge on any atom is 0.275 e. The number of quaternary nitrogens is 1. The molecule has 0 aromatic heterocycles. The number of halogens is 1. The first-order valence-corrected chi connectivity index (χ1v) is 8.68. The Balaban J connectivity index is 2.53. The number of carbonyl (C=O) groups is 2. The molecule has 0 bridgehead atoms. The summed E-state index contributed by atoms with van der Waals surface area (Å²) in [6, 6.07) is 7.31. The van der Waals surface area contributed by atoms with Crippen LogP contribution in [0.3, 0.4) is 0 Å². The van der Waals surface area contributed by atoms with Gasteiger partial charge in [-0.05, 0) is 52.3 Å². The number of likely N-dealkylation sites (N-methyl/N-ethyl adjacent to an activating group) is 1. The number of hydrogen-bond donors (Lipinski definition) is 3. The molecule has 0 aliphatic rings. The van der Waals surface area contributed by atoms with Crippen LogP contribution in [0.4, 0.5) is 0 Å². The van der Waals surface area contributed by atoms with Crippen molar-refractivity contribution in [2.45, 2.75) is 46.2 Å². The van der Waals surface area contributed by atoms with Gasteiger partial charge in [0.25, 0.3) is 11.8 Å². The van der Waals surface area contributed by atoms with Crippen LogP contribution in [0.5, 0.6) is 0 Å². The van der Waals surface area contributed by atoms with Crippen LogP contribution in [0, 0.1) is 0 Å². The summed E-state index contributed by atoms with van der Waals surface area (Å²) in [5, 5.41) is 6.53. The lowest BCUT2D eigenvalue weighted by molar-refractivity contribution is -0.881. The van der Waals surface area contributed by atoms with Gasteiger partial charge in [0.15, 0.2) is 13.1 Å². The van der Waals surface area contributed by atoms with Crippen LogP contribution < -0.4 is 15.5 Å². The Kier molecular flexibility index (Phi) is 7.70. The number of carbonyl (C=O) groups excluding carboxylic acids is 2. The second-order valence-corrected chi connectivity index (χ2v) is 7.54. The highest BCUT2D eigenvalue weighted by Crippen LogP contribution is 2.16. The highest BCUT2D eigenvalue weighted by atomic mass is 35.5. The highest BCUT2D eigenvalue weighted by molar-refractivity contribution is 6.30. The number of hydrogen-bond acceptors (Lipinski definition) is 2. The van der Waals surface area contributed by atoms with Gasteiger partial charge in [-0.25, -0.2) is 0 Å². The molecular formula is C18H29ClN3O2+. The van der Waals surface area contributed by atoms with Crippen molar-refractivity contribution in [1.82, 2.24) is 10.6 Å². The second-order valence-electron chi connectivity index (χ2n) is 7.10. The quantitative estimate of drug-likeness (QED) is 0.692. The molecule has 134 valence electrons. The van der Waals surface area contributed by atoms with Gasteiger partial charge in [-0.15, -0.1) is 0 Å². The van der Waals surface area contributed by atoms with Crippen molar-refractivity contribution in [1.29, 1.82) is 0 Å². The molecule has 2 atom stereocenters. The Labute approximate surface area is 149 Å². The third kappa shape index (κ3) is 7.79. The number of rotatable bonds is 7. The third-order valence-corrected chi connectivity index (χ3v) is 3.80. The van der Waals surface area contributed by atoms with E-state index in [2.05, 4.69) is 10.6 Å². The van der Waals surface area contributed by atoms with Crippen LogP contribution in [-0.4, -0.2) is 37.0 Å². The number of amides is 2. The van der Waals surface area contributed by atoms with Gasteiger partial charge in [0.05, 0.1) is 12.6 Å². The van der Waals surface area contributed by atoms with E-state index in [1.165, 1.54) is 0 Å². The first kappa shape index (κ1) is 20.5. The van der Waals surface area contributed by atoms with E-state index in [1.807, 2.05) is 52.8 Å². The molecular weight excluding hydrogens is 326 g/mol. The summed E-state index contributed by atoms with van der Waals surface area (Å²) in [5.74, 6) is -0.127. The van der Waals surface area contributed by atoms with Crippen LogP contribution in [0.1, 0.15) is 46.2 Å². The van der Waals surface area contributed by atoms with Crippen molar-refractivity contribution in [3.63, 3.8) is 0 Å². The van der Waals surface area contributed by atoms with Crippen LogP contribution >= 0.6 is 11.6 Å². The van der Waals surface area contributed by atoms with Gasteiger partial charge in [-0.1, -0.05) is 23.7 Å². The maximum atomic E-state index is 12.3. The van der Waals surface area contributed by atoms with Gasteiger partial charge in [-0.3, -0.25) is 9.59 Å². The summed E-state index contributed by atoms with van der Waals surface area (Å²) in [4.78, 5) is 25.2. The molecule has 1 unspecified atom stereocenters. The molecule has 0 aliphatic heterocycles. The van der Waals surface area contributed by atoms with Gasteiger partial charge < -0.3 is 15.5 Å². The molecule has 6 heteroatoms. The minimum atomic E-state index is -0.265. The monoisotopic (exact) mass is 354 g/mol. The minimum Gasteiger partial charge on any atom is -0.347 e. The van der Waals surface area contributed by atoms with Gasteiger partial charge >= 0.3 is 0 Å². The van der Waals surface area contributed by atoms with Crippen molar-refractivity contribution in [3.05, 3.63) is 34.9 Å². The molecule has 0 aliphatic carbocycles. The first-order valence-electron chi connectivity index (χ1n) is 8.30. The molecule has 3 N–H and O–H groups in total. The first-order chi connectivity index (χ1) is 11.1. The van der Waals surface area contributed by atoms with Crippen LogP contribution in [0.2, 0.25) is 5.02 Å². The standard InChI is InChI=1S/C18H28ClN3O2/c1-6-22(12-17(24)21-18(3,4)5)11-16(23)20-13(2)14-8-7-9-15(19)10-14/h7-10,13H,6,11-12H2,1-5H3,(H,20,23)(H,21,24)/p+1/t13-/m1/s1. The summed E-state index contributed by atoms with van der Waals surface area (Å²) >= 11 is 5.98. The van der Waals surface area contributed by atoms with E-state index in [-0.39, 0.29) is 36.5 Å². The van der Waals surface area contributed by atoms with Crippen LogP contribution in [0.25, 0.3) is 0 Å². The van der Waals surface area contributed by atoms with Crippen molar-refractivity contribution >= 4 is 23.4 Å². The highest BCUT2D eigenvalue weighted by Gasteiger charge is 2.21. The van der Waals surface area contributed by atoms with E-state index in [4.69, 9.17) is 11.6 Å². The zero-order chi connectivity index (χ0) is 18.3. The van der Waals surface area contributed by atoms with E-state index in [0.29, 0.717) is 11.6 Å². The largest absolute Gasteiger partial charge is 0.347 e. The molecule has 0 heterocycles. The van der Waals surface area contributed by atoms with Crippen molar-refractivity contribution in [2.75, 3.05) is 19.6 Å². The van der Waals surface area contributed by atoms with E-state index in [9.17, 15) is 9.59 Å². The Morgan fingerprint density at radius 3 is 2.38 bits per heavy atom. The molecule has 0 radical (unpaired) electrons. The van der Waals surface area contributed by atoms with Crippen molar-refractivity contribution < 1.29 is 14.5 Å². The van der Waals surface area contributed by atoms with Crippen molar-refractivity contribution in [3.8, 4) is 0 Å². The van der Waals surface area contributed by atoms with E-state index < -0.39 is 0 Å². The average molecular weight is 355 g/mol. The summed E-state index contributed by atoms with van der Waals surface area (Å²) in [5.41, 5.74) is 0.693. The van der Waals surface area contributed by atoms with Gasteiger partial charge in [-0.2, -0.15) is 0 Å². The fourth-order valence-corrected chi connectivity index (χ4v) is 2.58. The summed E-state index contributed by atoms with van der Waals surface area (Å²) in [6.07, 6.45) is 0. The zero-order valence-corrected chi connectivity index (χ0v) is 16.0. The molecule has 0 saturated heterocycles. The molecule has 1 aromatic carbocycles. The fraction of sp³-hybridized carbons (Fsp3) is 0.556. The lowest BCUT2D eigenvalue weighted by Crippen LogP contribution is -3.14. The Morgan fingerprint density at radius 1 is 1.21 bits per heavy atom. The molecule has 24 heavy (non-hydrogen) atoms. The van der Waals surface area contributed by atoms with Gasteiger partial charge in [0.2, 0.25) is 0 Å². The Hall–Kier alpha value is -1.59. The van der Waals surface area contributed by atoms with E-state index >= 15 is 0 Å². The fourth-order valence-electron chi connectivity index (χ4n) is 2.38. The Bertz CT molecular complexity index is 570. The van der Waals surface area contributed by atoms with Crippen molar-refractivity contribution in [2.24, 2.45) is 0 Å². The molecule has 1 aromatic rings. The third-order valence-electron chi connectivity index (χ3n) is 3.56. The van der Waals surface area contributed by atoms with Gasteiger partial charge in [0.1, 0.15) is 0 Å². The average Bonchev–Trinajstić information content (AvgIpc) is 2.44. The molecule has 0 fully saturated rings. The number of nitrogens with one attached hydrogen (secondary N) is 3. The minimum absolute atomic E-state index is 0.0463. The summed E-state index contributed by atoms with van der Waals surface area (Å²) < 4.78 is 0. The molecule has 1 rings (SSSR count). The lowest BCUT2D eigenvalue weighted by Gasteiger charge is -2.23. The molecule has 0 saturated carbocycles. The van der Waals surface area contributed by atoms with Crippen LogP contribution in [-0.2, 0) is 9.59 Å². The van der Waals surface area contributed by atoms with Gasteiger partial charge in [0, 0.05) is 10.6 Å². The Morgan fingerprint density at radius 2 is 1.83 bits per heavy atom.